The molecule has 3 aromatic carbocycles. The van der Waals surface area contributed by atoms with Gasteiger partial charge in [0.05, 0.1) is 30.8 Å². The molecule has 0 aromatic heterocycles. The Morgan fingerprint density at radius 2 is 1.48 bits per heavy atom. The first kappa shape index (κ1) is 22.9. The molecule has 0 radical (unpaired) electrons. The summed E-state index contributed by atoms with van der Waals surface area (Å²) in [6, 6.07) is 25.9. The van der Waals surface area contributed by atoms with Crippen molar-refractivity contribution in [2.45, 2.75) is 44.6 Å². The fourth-order valence-corrected chi connectivity index (χ4v) is 3.66. The van der Waals surface area contributed by atoms with Crippen LogP contribution in [0.4, 0.5) is 5.69 Å². The molecule has 0 unspecified atom stereocenters. The molecule has 0 spiro atoms. The number of hydrogen-bond acceptors (Lipinski definition) is 6. The SMILES string of the molecule is O=[N+]([O-])c1ccc(O[C@@H]2O[C@@H](COCc3ccccc3)CC[C@H]2OCc2ccccc2)cc1. The van der Waals surface area contributed by atoms with E-state index < -0.39 is 11.2 Å². The molecule has 1 aliphatic rings. The summed E-state index contributed by atoms with van der Waals surface area (Å²) in [6.07, 6.45) is 0.492. The van der Waals surface area contributed by atoms with Crippen molar-refractivity contribution >= 4 is 5.69 Å². The Balaban J connectivity index is 1.37. The van der Waals surface area contributed by atoms with Crippen molar-refractivity contribution in [3.05, 3.63) is 106 Å². The molecule has 1 heterocycles. The van der Waals surface area contributed by atoms with Crippen LogP contribution in [0.25, 0.3) is 0 Å². The van der Waals surface area contributed by atoms with Gasteiger partial charge >= 0.3 is 0 Å². The second kappa shape index (κ2) is 11.6. The molecule has 0 N–H and O–H groups in total. The van der Waals surface area contributed by atoms with Crippen molar-refractivity contribution in [3.8, 4) is 5.75 Å². The van der Waals surface area contributed by atoms with Crippen LogP contribution in [0.5, 0.6) is 5.75 Å². The number of ether oxygens (including phenoxy) is 4. The van der Waals surface area contributed by atoms with Crippen LogP contribution in [0, 0.1) is 10.1 Å². The average Bonchev–Trinajstić information content (AvgIpc) is 2.85. The largest absolute Gasteiger partial charge is 0.462 e. The molecule has 7 nitrogen and oxygen atoms in total. The van der Waals surface area contributed by atoms with E-state index in [0.29, 0.717) is 25.6 Å². The van der Waals surface area contributed by atoms with Crippen LogP contribution in [-0.4, -0.2) is 30.0 Å². The molecule has 172 valence electrons. The minimum Gasteiger partial charge on any atom is -0.462 e. The van der Waals surface area contributed by atoms with Gasteiger partial charge in [0, 0.05) is 12.1 Å². The van der Waals surface area contributed by atoms with E-state index in [0.717, 1.165) is 24.0 Å². The lowest BCUT2D eigenvalue weighted by Gasteiger charge is -2.36. The van der Waals surface area contributed by atoms with Crippen LogP contribution in [0.1, 0.15) is 24.0 Å². The number of benzene rings is 3. The third kappa shape index (κ3) is 6.86. The number of nitro benzene ring substituents is 1. The van der Waals surface area contributed by atoms with E-state index in [-0.39, 0.29) is 17.9 Å². The number of rotatable bonds is 10. The molecule has 1 aliphatic heterocycles. The van der Waals surface area contributed by atoms with E-state index >= 15 is 0 Å². The average molecular weight is 450 g/mol. The Bertz CT molecular complexity index is 996. The first-order chi connectivity index (χ1) is 16.2. The molecule has 1 saturated heterocycles. The second-order valence-corrected chi connectivity index (χ2v) is 7.91. The second-order valence-electron chi connectivity index (χ2n) is 7.91. The highest BCUT2D eigenvalue weighted by Crippen LogP contribution is 2.27. The van der Waals surface area contributed by atoms with Crippen molar-refractivity contribution < 1.29 is 23.9 Å². The zero-order valence-electron chi connectivity index (χ0n) is 18.2. The van der Waals surface area contributed by atoms with Gasteiger partial charge in [-0.2, -0.15) is 0 Å². The summed E-state index contributed by atoms with van der Waals surface area (Å²) >= 11 is 0. The minimum absolute atomic E-state index is 0.0102. The van der Waals surface area contributed by atoms with Crippen molar-refractivity contribution in [3.63, 3.8) is 0 Å². The van der Waals surface area contributed by atoms with Crippen molar-refractivity contribution in [1.82, 2.24) is 0 Å². The lowest BCUT2D eigenvalue weighted by molar-refractivity contribution is -0.384. The van der Waals surface area contributed by atoms with E-state index in [9.17, 15) is 10.1 Å². The Hall–Kier alpha value is -3.26. The number of nitro groups is 1. The fraction of sp³-hybridized carbons (Fsp3) is 0.308. The summed E-state index contributed by atoms with van der Waals surface area (Å²) in [6.45, 7) is 1.41. The molecule has 3 aromatic rings. The van der Waals surface area contributed by atoms with Gasteiger partial charge in [-0.15, -0.1) is 0 Å². The van der Waals surface area contributed by atoms with Crippen LogP contribution >= 0.6 is 0 Å². The van der Waals surface area contributed by atoms with Crippen LogP contribution in [0.2, 0.25) is 0 Å². The zero-order valence-corrected chi connectivity index (χ0v) is 18.2. The van der Waals surface area contributed by atoms with Crippen molar-refractivity contribution in [2.24, 2.45) is 0 Å². The summed E-state index contributed by atoms with van der Waals surface area (Å²) in [5.41, 5.74) is 2.19. The first-order valence-electron chi connectivity index (χ1n) is 11.0. The molecular formula is C26H27NO6. The van der Waals surface area contributed by atoms with Crippen molar-refractivity contribution in [2.75, 3.05) is 6.61 Å². The molecule has 33 heavy (non-hydrogen) atoms. The number of nitrogens with zero attached hydrogens (tertiary/aromatic N) is 1. The third-order valence-electron chi connectivity index (χ3n) is 5.43. The quantitative estimate of drug-likeness (QED) is 0.309. The minimum atomic E-state index is -0.644. The van der Waals surface area contributed by atoms with Crippen LogP contribution < -0.4 is 4.74 Å². The molecule has 0 amide bonds. The fourth-order valence-electron chi connectivity index (χ4n) is 3.66. The van der Waals surface area contributed by atoms with E-state index in [1.165, 1.54) is 12.1 Å². The molecule has 0 aliphatic carbocycles. The van der Waals surface area contributed by atoms with Gasteiger partial charge in [0.15, 0.2) is 0 Å². The lowest BCUT2D eigenvalue weighted by atomic mass is 10.1. The maximum Gasteiger partial charge on any atom is 0.269 e. The maximum atomic E-state index is 10.9. The predicted molar refractivity (Wildman–Crippen MR) is 123 cm³/mol. The van der Waals surface area contributed by atoms with Crippen LogP contribution in [-0.2, 0) is 27.4 Å². The third-order valence-corrected chi connectivity index (χ3v) is 5.43. The summed E-state index contributed by atoms with van der Waals surface area (Å²) in [5, 5.41) is 10.9. The highest BCUT2D eigenvalue weighted by atomic mass is 16.7. The molecule has 0 bridgehead atoms. The van der Waals surface area contributed by atoms with E-state index in [4.69, 9.17) is 18.9 Å². The van der Waals surface area contributed by atoms with E-state index in [1.54, 1.807) is 12.1 Å². The Morgan fingerprint density at radius 3 is 2.12 bits per heavy atom. The topological polar surface area (TPSA) is 80.1 Å². The number of non-ortho nitro benzene ring substituents is 1. The Kier molecular flexibility index (Phi) is 8.03. The summed E-state index contributed by atoms with van der Waals surface area (Å²) in [5.74, 6) is 0.491. The summed E-state index contributed by atoms with van der Waals surface area (Å²) in [4.78, 5) is 10.5. The van der Waals surface area contributed by atoms with Gasteiger partial charge in [-0.05, 0) is 36.1 Å². The summed E-state index contributed by atoms with van der Waals surface area (Å²) in [7, 11) is 0. The van der Waals surface area contributed by atoms with Gasteiger partial charge < -0.3 is 18.9 Å². The monoisotopic (exact) mass is 449 g/mol. The predicted octanol–water partition coefficient (Wildman–Crippen LogP) is 5.28. The van der Waals surface area contributed by atoms with Crippen molar-refractivity contribution in [1.29, 1.82) is 0 Å². The lowest BCUT2D eigenvalue weighted by Crippen LogP contribution is -2.45. The Labute approximate surface area is 193 Å². The van der Waals surface area contributed by atoms with Crippen LogP contribution in [0.15, 0.2) is 84.9 Å². The van der Waals surface area contributed by atoms with Gasteiger partial charge in [0.25, 0.3) is 5.69 Å². The van der Waals surface area contributed by atoms with E-state index in [1.807, 2.05) is 60.7 Å². The van der Waals surface area contributed by atoms with Gasteiger partial charge in [-0.3, -0.25) is 10.1 Å². The molecule has 7 heteroatoms. The number of hydrogen-bond donors (Lipinski definition) is 0. The van der Waals surface area contributed by atoms with Gasteiger partial charge in [-0.1, -0.05) is 60.7 Å². The maximum absolute atomic E-state index is 10.9. The normalized spacial score (nSPS) is 20.3. The Morgan fingerprint density at radius 1 is 0.848 bits per heavy atom. The zero-order chi connectivity index (χ0) is 22.9. The highest BCUT2D eigenvalue weighted by Gasteiger charge is 2.34. The molecule has 4 rings (SSSR count). The molecule has 0 saturated carbocycles. The van der Waals surface area contributed by atoms with Crippen LogP contribution in [0.3, 0.4) is 0 Å². The smallest absolute Gasteiger partial charge is 0.269 e. The van der Waals surface area contributed by atoms with Gasteiger partial charge in [0.1, 0.15) is 11.9 Å². The summed E-state index contributed by atoms with van der Waals surface area (Å²) < 4.78 is 24.3. The standard InChI is InChI=1S/C26H27NO6/c28-27(29)22-11-13-23(14-12-22)32-26-25(31-18-21-9-5-2-6-10-21)16-15-24(33-26)19-30-17-20-7-3-1-4-8-20/h1-14,24-26H,15-19H2/t24-,25-,26-/m1/s1. The van der Waals surface area contributed by atoms with Gasteiger partial charge in [-0.25, -0.2) is 0 Å². The highest BCUT2D eigenvalue weighted by molar-refractivity contribution is 5.36. The first-order valence-corrected chi connectivity index (χ1v) is 11.0. The molecule has 3 atom stereocenters. The molecular weight excluding hydrogens is 422 g/mol. The molecule has 1 fully saturated rings. The van der Waals surface area contributed by atoms with Gasteiger partial charge in [0.2, 0.25) is 6.29 Å². The van der Waals surface area contributed by atoms with E-state index in [2.05, 4.69) is 0 Å².